The van der Waals surface area contributed by atoms with Crippen LogP contribution in [0.3, 0.4) is 0 Å². The zero-order chi connectivity index (χ0) is 8.53. The van der Waals surface area contributed by atoms with Crippen molar-refractivity contribution in [2.45, 2.75) is 12.8 Å². The van der Waals surface area contributed by atoms with Crippen molar-refractivity contribution < 1.29 is 0 Å². The maximum Gasteiger partial charge on any atom is 0.00982 e. The molecule has 0 aromatic carbocycles. The molecule has 0 spiro atoms. The fourth-order valence-corrected chi connectivity index (χ4v) is 1.30. The van der Waals surface area contributed by atoms with Crippen LogP contribution >= 0.6 is 11.8 Å². The molecule has 0 radical (unpaired) electrons. The van der Waals surface area contributed by atoms with Crippen molar-refractivity contribution in [2.75, 3.05) is 32.1 Å². The molecule has 0 bridgehead atoms. The summed E-state index contributed by atoms with van der Waals surface area (Å²) < 4.78 is 0. The van der Waals surface area contributed by atoms with E-state index < -0.39 is 0 Å². The van der Waals surface area contributed by atoms with E-state index in [9.17, 15) is 0 Å². The van der Waals surface area contributed by atoms with Gasteiger partial charge < -0.3 is 4.90 Å². The van der Waals surface area contributed by atoms with Crippen molar-refractivity contribution in [1.82, 2.24) is 4.90 Å². The van der Waals surface area contributed by atoms with Crippen LogP contribution in [-0.2, 0) is 0 Å². The van der Waals surface area contributed by atoms with Gasteiger partial charge in [0, 0.05) is 18.7 Å². The van der Waals surface area contributed by atoms with Crippen LogP contribution < -0.4 is 0 Å². The molecule has 64 valence electrons. The van der Waals surface area contributed by atoms with Gasteiger partial charge in [0.2, 0.25) is 0 Å². The fourth-order valence-electron chi connectivity index (χ4n) is 0.810. The van der Waals surface area contributed by atoms with Crippen LogP contribution in [0.1, 0.15) is 12.8 Å². The highest BCUT2D eigenvalue weighted by Gasteiger charge is 1.94. The van der Waals surface area contributed by atoms with Crippen molar-refractivity contribution in [1.29, 1.82) is 0 Å². The largest absolute Gasteiger partial charge is 0.306 e. The molecule has 0 aliphatic carbocycles. The Morgan fingerprint density at radius 3 is 2.73 bits per heavy atom. The van der Waals surface area contributed by atoms with E-state index in [0.29, 0.717) is 0 Å². The molecule has 0 aliphatic rings. The SMILES string of the molecule is C#CCCCN(C)CCSC. The molecule has 0 fully saturated rings. The van der Waals surface area contributed by atoms with Crippen molar-refractivity contribution in [3.05, 3.63) is 0 Å². The summed E-state index contributed by atoms with van der Waals surface area (Å²) in [6, 6.07) is 0. The van der Waals surface area contributed by atoms with Gasteiger partial charge in [0.05, 0.1) is 0 Å². The first-order chi connectivity index (χ1) is 5.31. The molecule has 0 N–H and O–H groups in total. The van der Waals surface area contributed by atoms with Gasteiger partial charge in [-0.15, -0.1) is 12.3 Å². The molecule has 0 atom stereocenters. The monoisotopic (exact) mass is 171 g/mol. The predicted molar refractivity (Wildman–Crippen MR) is 53.9 cm³/mol. The molecule has 0 aliphatic heterocycles. The molecule has 0 aromatic rings. The van der Waals surface area contributed by atoms with Gasteiger partial charge in [-0.1, -0.05) is 0 Å². The summed E-state index contributed by atoms with van der Waals surface area (Å²) in [7, 11) is 2.15. The molecule has 2 heteroatoms. The lowest BCUT2D eigenvalue weighted by Crippen LogP contribution is -2.22. The zero-order valence-corrected chi connectivity index (χ0v) is 8.28. The molecule has 0 heterocycles. The van der Waals surface area contributed by atoms with Crippen molar-refractivity contribution >= 4 is 11.8 Å². The highest BCUT2D eigenvalue weighted by atomic mass is 32.2. The number of hydrogen-bond acceptors (Lipinski definition) is 2. The summed E-state index contributed by atoms with van der Waals surface area (Å²) in [6.07, 6.45) is 9.31. The number of unbranched alkanes of at least 4 members (excludes halogenated alkanes) is 1. The molecule has 0 saturated carbocycles. The minimum Gasteiger partial charge on any atom is -0.306 e. The van der Waals surface area contributed by atoms with Crippen LogP contribution in [0.15, 0.2) is 0 Å². The van der Waals surface area contributed by atoms with Gasteiger partial charge in [0.25, 0.3) is 0 Å². The summed E-state index contributed by atoms with van der Waals surface area (Å²) in [6.45, 7) is 2.30. The maximum atomic E-state index is 5.14. The van der Waals surface area contributed by atoms with E-state index in [0.717, 1.165) is 19.4 Å². The average molecular weight is 171 g/mol. The standard InChI is InChI=1S/C9H17NS/c1-4-5-6-7-10(2)8-9-11-3/h1H,5-9H2,2-3H3. The van der Waals surface area contributed by atoms with Crippen LogP contribution in [0, 0.1) is 12.3 Å². The third-order valence-electron chi connectivity index (χ3n) is 1.54. The van der Waals surface area contributed by atoms with Gasteiger partial charge >= 0.3 is 0 Å². The summed E-state index contributed by atoms with van der Waals surface area (Å²) in [5, 5.41) is 0. The highest BCUT2D eigenvalue weighted by molar-refractivity contribution is 7.98. The van der Waals surface area contributed by atoms with E-state index in [-0.39, 0.29) is 0 Å². The molecular formula is C9H17NS. The molecule has 0 amide bonds. The van der Waals surface area contributed by atoms with Gasteiger partial charge in [-0.25, -0.2) is 0 Å². The van der Waals surface area contributed by atoms with Crippen LogP contribution in [-0.4, -0.2) is 37.0 Å². The first kappa shape index (κ1) is 10.9. The summed E-state index contributed by atoms with van der Waals surface area (Å²) >= 11 is 1.89. The highest BCUT2D eigenvalue weighted by Crippen LogP contribution is 1.95. The normalized spacial score (nSPS) is 10.0. The van der Waals surface area contributed by atoms with E-state index in [1.54, 1.807) is 0 Å². The fraction of sp³-hybridized carbons (Fsp3) is 0.778. The topological polar surface area (TPSA) is 3.24 Å². The second-order valence-electron chi connectivity index (χ2n) is 2.60. The Kier molecular flexibility index (Phi) is 7.88. The lowest BCUT2D eigenvalue weighted by atomic mass is 10.3. The van der Waals surface area contributed by atoms with Gasteiger partial charge in [0.1, 0.15) is 0 Å². The van der Waals surface area contributed by atoms with Gasteiger partial charge in [-0.05, 0) is 26.3 Å². The molecule has 11 heavy (non-hydrogen) atoms. The summed E-state index contributed by atoms with van der Waals surface area (Å²) in [5.74, 6) is 3.86. The maximum absolute atomic E-state index is 5.14. The summed E-state index contributed by atoms with van der Waals surface area (Å²) in [4.78, 5) is 2.33. The Morgan fingerprint density at radius 1 is 1.45 bits per heavy atom. The van der Waals surface area contributed by atoms with Crippen LogP contribution in [0.5, 0.6) is 0 Å². The van der Waals surface area contributed by atoms with E-state index in [1.165, 1.54) is 12.3 Å². The summed E-state index contributed by atoms with van der Waals surface area (Å²) in [5.41, 5.74) is 0. The Hall–Kier alpha value is -0.130. The lowest BCUT2D eigenvalue weighted by Gasteiger charge is -2.14. The van der Waals surface area contributed by atoms with Gasteiger partial charge in [0.15, 0.2) is 0 Å². The minimum absolute atomic E-state index is 0.906. The second-order valence-corrected chi connectivity index (χ2v) is 3.59. The number of nitrogens with zero attached hydrogens (tertiary/aromatic N) is 1. The molecule has 0 aromatic heterocycles. The Morgan fingerprint density at radius 2 is 2.18 bits per heavy atom. The molecule has 1 nitrogen and oxygen atoms in total. The quantitative estimate of drug-likeness (QED) is 0.442. The van der Waals surface area contributed by atoms with Gasteiger partial charge in [-0.3, -0.25) is 0 Å². The smallest absolute Gasteiger partial charge is 0.00982 e. The van der Waals surface area contributed by atoms with E-state index in [4.69, 9.17) is 6.42 Å². The van der Waals surface area contributed by atoms with Crippen LogP contribution in [0.25, 0.3) is 0 Å². The van der Waals surface area contributed by atoms with Crippen molar-refractivity contribution in [3.63, 3.8) is 0 Å². The first-order valence-corrected chi connectivity index (χ1v) is 5.31. The first-order valence-electron chi connectivity index (χ1n) is 3.92. The molecule has 0 rings (SSSR count). The van der Waals surface area contributed by atoms with E-state index in [2.05, 4.69) is 24.1 Å². The number of rotatable bonds is 6. The number of hydrogen-bond donors (Lipinski definition) is 0. The Bertz CT molecular complexity index is 117. The molecular weight excluding hydrogens is 154 g/mol. The van der Waals surface area contributed by atoms with Crippen molar-refractivity contribution in [2.24, 2.45) is 0 Å². The van der Waals surface area contributed by atoms with Crippen molar-refractivity contribution in [3.8, 4) is 12.3 Å². The number of thioether (sulfide) groups is 1. The third-order valence-corrected chi connectivity index (χ3v) is 2.13. The van der Waals surface area contributed by atoms with Crippen LogP contribution in [0.2, 0.25) is 0 Å². The van der Waals surface area contributed by atoms with E-state index >= 15 is 0 Å². The van der Waals surface area contributed by atoms with E-state index in [1.807, 2.05) is 11.8 Å². The van der Waals surface area contributed by atoms with Crippen LogP contribution in [0.4, 0.5) is 0 Å². The third kappa shape index (κ3) is 7.77. The zero-order valence-electron chi connectivity index (χ0n) is 7.47. The second kappa shape index (κ2) is 7.97. The molecule has 0 saturated heterocycles. The minimum atomic E-state index is 0.906. The number of terminal acetylenes is 1. The lowest BCUT2D eigenvalue weighted by molar-refractivity contribution is 0.352. The Balaban J connectivity index is 3.10. The predicted octanol–water partition coefficient (Wildman–Crippen LogP) is 1.69. The average Bonchev–Trinajstić information content (AvgIpc) is 2.01. The Labute approximate surface area is 74.5 Å². The molecule has 0 unspecified atom stereocenters. The van der Waals surface area contributed by atoms with Gasteiger partial charge in [-0.2, -0.15) is 11.8 Å².